The highest BCUT2D eigenvalue weighted by Gasteiger charge is 2.23. The molecule has 0 aromatic heterocycles. The van der Waals surface area contributed by atoms with Crippen molar-refractivity contribution < 1.29 is 19.8 Å². The zero-order valence-electron chi connectivity index (χ0n) is 12.2. The number of aliphatic hydroxyl groups excluding tert-OH is 1. The molecule has 0 saturated carbocycles. The number of carbonyl (C=O) groups is 2. The number of amides is 2. The number of aliphatic carboxylic acids is 1. The third kappa shape index (κ3) is 5.43. The van der Waals surface area contributed by atoms with Gasteiger partial charge in [0.25, 0.3) is 0 Å². The van der Waals surface area contributed by atoms with Crippen molar-refractivity contribution in [3.05, 3.63) is 30.3 Å². The number of carboxylic acids is 1. The molecule has 6 nitrogen and oxygen atoms in total. The standard InChI is InChI=1S/C15H22N2O4/c1-2-3-10-17(12-7-5-4-6-8-12)15(21)16-13(9-11-18)14(19)20/h4-8,13,18H,2-3,9-11H2,1H3,(H,16,21)(H,19,20)/t13-/m0/s1. The number of para-hydroxylation sites is 1. The predicted molar refractivity (Wildman–Crippen MR) is 80.4 cm³/mol. The van der Waals surface area contributed by atoms with Crippen LogP contribution in [0.15, 0.2) is 30.3 Å². The first kappa shape index (κ1) is 17.0. The molecule has 0 radical (unpaired) electrons. The zero-order chi connectivity index (χ0) is 15.7. The zero-order valence-corrected chi connectivity index (χ0v) is 12.2. The number of hydrogen-bond donors (Lipinski definition) is 3. The Morgan fingerprint density at radius 2 is 1.95 bits per heavy atom. The third-order valence-electron chi connectivity index (χ3n) is 3.06. The quantitative estimate of drug-likeness (QED) is 0.682. The summed E-state index contributed by atoms with van der Waals surface area (Å²) in [6, 6.07) is 7.55. The monoisotopic (exact) mass is 294 g/mol. The van der Waals surface area contributed by atoms with Crippen LogP contribution in [0.5, 0.6) is 0 Å². The van der Waals surface area contributed by atoms with Crippen molar-refractivity contribution in [2.75, 3.05) is 18.1 Å². The second-order valence-corrected chi connectivity index (χ2v) is 4.69. The van der Waals surface area contributed by atoms with Gasteiger partial charge >= 0.3 is 12.0 Å². The molecule has 1 aromatic carbocycles. The average molecular weight is 294 g/mol. The number of carbonyl (C=O) groups excluding carboxylic acids is 1. The molecule has 3 N–H and O–H groups in total. The summed E-state index contributed by atoms with van der Waals surface area (Å²) in [5.41, 5.74) is 0.719. The van der Waals surface area contributed by atoms with E-state index in [9.17, 15) is 9.59 Å². The Hall–Kier alpha value is -2.08. The van der Waals surface area contributed by atoms with Crippen LogP contribution in [-0.4, -0.2) is 41.4 Å². The Balaban J connectivity index is 2.82. The lowest BCUT2D eigenvalue weighted by atomic mass is 10.2. The van der Waals surface area contributed by atoms with E-state index in [4.69, 9.17) is 10.2 Å². The Labute approximate surface area is 124 Å². The fourth-order valence-electron chi connectivity index (χ4n) is 1.89. The Morgan fingerprint density at radius 3 is 2.48 bits per heavy atom. The molecule has 0 heterocycles. The summed E-state index contributed by atoms with van der Waals surface area (Å²) in [4.78, 5) is 24.9. The molecular formula is C15H22N2O4. The topological polar surface area (TPSA) is 89.9 Å². The number of aliphatic hydroxyl groups is 1. The molecule has 1 atom stereocenters. The van der Waals surface area contributed by atoms with Gasteiger partial charge in [0.2, 0.25) is 0 Å². The maximum Gasteiger partial charge on any atom is 0.326 e. The van der Waals surface area contributed by atoms with E-state index >= 15 is 0 Å². The summed E-state index contributed by atoms with van der Waals surface area (Å²) in [6.45, 7) is 2.24. The number of nitrogens with one attached hydrogen (secondary N) is 1. The van der Waals surface area contributed by atoms with Gasteiger partial charge in [0, 0.05) is 25.3 Å². The van der Waals surface area contributed by atoms with Crippen LogP contribution in [0, 0.1) is 0 Å². The molecule has 116 valence electrons. The summed E-state index contributed by atoms with van der Waals surface area (Å²) in [5.74, 6) is -1.15. The van der Waals surface area contributed by atoms with Crippen LogP contribution < -0.4 is 10.2 Å². The summed E-state index contributed by atoms with van der Waals surface area (Å²) in [7, 11) is 0. The second kappa shape index (κ2) is 8.97. The highest BCUT2D eigenvalue weighted by atomic mass is 16.4. The maximum absolute atomic E-state index is 12.3. The molecule has 0 aliphatic carbocycles. The summed E-state index contributed by atoms with van der Waals surface area (Å²) >= 11 is 0. The number of nitrogens with zero attached hydrogens (tertiary/aromatic N) is 1. The fraction of sp³-hybridized carbons (Fsp3) is 0.467. The highest BCUT2D eigenvalue weighted by molar-refractivity contribution is 5.94. The molecule has 0 bridgehead atoms. The SMILES string of the molecule is CCCCN(C(=O)N[C@@H](CCO)C(=O)O)c1ccccc1. The largest absolute Gasteiger partial charge is 0.480 e. The Bertz CT molecular complexity index is 450. The van der Waals surface area contributed by atoms with E-state index in [0.717, 1.165) is 18.5 Å². The molecule has 0 fully saturated rings. The molecular weight excluding hydrogens is 272 g/mol. The number of hydrogen-bond acceptors (Lipinski definition) is 3. The number of carboxylic acid groups (broad SMARTS) is 1. The lowest BCUT2D eigenvalue weighted by molar-refractivity contribution is -0.139. The average Bonchev–Trinajstić information content (AvgIpc) is 2.48. The summed E-state index contributed by atoms with van der Waals surface area (Å²) in [6.07, 6.45) is 1.73. The summed E-state index contributed by atoms with van der Waals surface area (Å²) in [5, 5.41) is 20.4. The van der Waals surface area contributed by atoms with Crippen molar-refractivity contribution in [3.63, 3.8) is 0 Å². The van der Waals surface area contributed by atoms with Crippen molar-refractivity contribution in [2.24, 2.45) is 0 Å². The number of benzene rings is 1. The Morgan fingerprint density at radius 1 is 1.29 bits per heavy atom. The molecule has 1 aromatic rings. The van der Waals surface area contributed by atoms with Crippen molar-refractivity contribution in [3.8, 4) is 0 Å². The maximum atomic E-state index is 12.3. The minimum absolute atomic E-state index is 0.0164. The summed E-state index contributed by atoms with van der Waals surface area (Å²) < 4.78 is 0. The fourth-order valence-corrected chi connectivity index (χ4v) is 1.89. The smallest absolute Gasteiger partial charge is 0.326 e. The van der Waals surface area contributed by atoms with Crippen molar-refractivity contribution in [1.82, 2.24) is 5.32 Å². The van der Waals surface area contributed by atoms with Crippen molar-refractivity contribution in [2.45, 2.75) is 32.2 Å². The first-order valence-electron chi connectivity index (χ1n) is 7.06. The van der Waals surface area contributed by atoms with E-state index in [0.29, 0.717) is 6.54 Å². The van der Waals surface area contributed by atoms with Crippen LogP contribution in [0.2, 0.25) is 0 Å². The molecule has 1 rings (SSSR count). The van der Waals surface area contributed by atoms with Gasteiger partial charge in [-0.25, -0.2) is 9.59 Å². The first-order valence-corrected chi connectivity index (χ1v) is 7.06. The van der Waals surface area contributed by atoms with E-state index in [2.05, 4.69) is 5.32 Å². The molecule has 0 aliphatic heterocycles. The van der Waals surface area contributed by atoms with Gasteiger partial charge in [0.1, 0.15) is 6.04 Å². The molecule has 0 unspecified atom stereocenters. The lowest BCUT2D eigenvalue weighted by Crippen LogP contribution is -2.48. The van der Waals surface area contributed by atoms with Crippen molar-refractivity contribution in [1.29, 1.82) is 0 Å². The predicted octanol–water partition coefficient (Wildman–Crippen LogP) is 1.84. The minimum Gasteiger partial charge on any atom is -0.480 e. The minimum atomic E-state index is -1.15. The van der Waals surface area contributed by atoms with Gasteiger partial charge in [-0.15, -0.1) is 0 Å². The normalized spacial score (nSPS) is 11.7. The number of anilines is 1. The molecule has 6 heteroatoms. The van der Waals surface area contributed by atoms with E-state index in [1.165, 1.54) is 4.90 Å². The van der Waals surface area contributed by atoms with Gasteiger partial charge in [-0.05, 0) is 18.6 Å². The van der Waals surface area contributed by atoms with Crippen molar-refractivity contribution >= 4 is 17.7 Å². The van der Waals surface area contributed by atoms with Crippen LogP contribution in [0.25, 0.3) is 0 Å². The highest BCUT2D eigenvalue weighted by Crippen LogP contribution is 2.14. The first-order chi connectivity index (χ1) is 10.1. The van der Waals surface area contributed by atoms with Gasteiger partial charge in [0.15, 0.2) is 0 Å². The number of urea groups is 1. The Kier molecular flexibility index (Phi) is 7.25. The molecule has 0 saturated heterocycles. The van der Waals surface area contributed by atoms with Gasteiger partial charge in [0.05, 0.1) is 0 Å². The van der Waals surface area contributed by atoms with E-state index in [-0.39, 0.29) is 13.0 Å². The number of rotatable bonds is 8. The van der Waals surface area contributed by atoms with Crippen LogP contribution in [-0.2, 0) is 4.79 Å². The van der Waals surface area contributed by atoms with Gasteiger partial charge in [-0.2, -0.15) is 0 Å². The van der Waals surface area contributed by atoms with Gasteiger partial charge < -0.3 is 15.5 Å². The van der Waals surface area contributed by atoms with Gasteiger partial charge in [-0.3, -0.25) is 4.90 Å². The molecule has 0 spiro atoms. The molecule has 2 amide bonds. The lowest BCUT2D eigenvalue weighted by Gasteiger charge is -2.25. The molecule has 21 heavy (non-hydrogen) atoms. The molecule has 0 aliphatic rings. The van der Waals surface area contributed by atoms with E-state index < -0.39 is 18.0 Å². The van der Waals surface area contributed by atoms with Crippen LogP contribution in [0.3, 0.4) is 0 Å². The number of unbranched alkanes of at least 4 members (excludes halogenated alkanes) is 1. The van der Waals surface area contributed by atoms with Crippen LogP contribution in [0.4, 0.5) is 10.5 Å². The van der Waals surface area contributed by atoms with Gasteiger partial charge in [-0.1, -0.05) is 31.5 Å². The van der Waals surface area contributed by atoms with Crippen LogP contribution in [0.1, 0.15) is 26.2 Å². The second-order valence-electron chi connectivity index (χ2n) is 4.69. The third-order valence-corrected chi connectivity index (χ3v) is 3.06. The van der Waals surface area contributed by atoms with E-state index in [1.54, 1.807) is 12.1 Å². The van der Waals surface area contributed by atoms with Crippen LogP contribution >= 0.6 is 0 Å². The van der Waals surface area contributed by atoms with E-state index in [1.807, 2.05) is 25.1 Å².